The van der Waals surface area contributed by atoms with Crippen molar-refractivity contribution in [1.82, 2.24) is 20.1 Å². The first kappa shape index (κ1) is 19.6. The van der Waals surface area contributed by atoms with Gasteiger partial charge in [-0.3, -0.25) is 9.89 Å². The molecule has 8 heteroatoms. The minimum absolute atomic E-state index is 0.481. The van der Waals surface area contributed by atoms with E-state index in [0.717, 1.165) is 44.9 Å². The molecule has 0 saturated carbocycles. The molecule has 1 aliphatic heterocycles. The minimum atomic E-state index is -4.09. The zero-order chi connectivity index (χ0) is 18.1. The second-order valence-electron chi connectivity index (χ2n) is 6.47. The van der Waals surface area contributed by atoms with Gasteiger partial charge in [0.05, 0.1) is 6.54 Å². The second kappa shape index (κ2) is 9.70. The van der Waals surface area contributed by atoms with Crippen LogP contribution in [0.5, 0.6) is 0 Å². The van der Waals surface area contributed by atoms with Gasteiger partial charge in [-0.2, -0.15) is 13.2 Å². The number of aromatic nitrogens is 1. The molecule has 0 atom stereocenters. The molecular formula is C17H28F3N5. The highest BCUT2D eigenvalue weighted by molar-refractivity contribution is 5.79. The van der Waals surface area contributed by atoms with Crippen LogP contribution in [0, 0.1) is 5.92 Å². The molecular weight excluding hydrogens is 331 g/mol. The van der Waals surface area contributed by atoms with Crippen LogP contribution >= 0.6 is 0 Å². The first-order chi connectivity index (χ1) is 12.0. The Morgan fingerprint density at radius 1 is 1.12 bits per heavy atom. The van der Waals surface area contributed by atoms with E-state index < -0.39 is 12.7 Å². The molecule has 0 spiro atoms. The average molecular weight is 359 g/mol. The Labute approximate surface area is 147 Å². The van der Waals surface area contributed by atoms with Crippen molar-refractivity contribution in [2.24, 2.45) is 10.9 Å². The van der Waals surface area contributed by atoms with Crippen molar-refractivity contribution >= 4 is 5.96 Å². The van der Waals surface area contributed by atoms with Crippen LogP contribution in [-0.4, -0.2) is 61.4 Å². The molecule has 1 aromatic rings. The molecule has 0 unspecified atom stereocenters. The molecule has 1 aliphatic rings. The molecule has 0 aliphatic carbocycles. The normalized spacial score (nSPS) is 17.7. The molecule has 2 N–H and O–H groups in total. The van der Waals surface area contributed by atoms with Crippen LogP contribution in [0.1, 0.15) is 19.3 Å². The molecule has 1 saturated heterocycles. The van der Waals surface area contributed by atoms with Crippen LogP contribution in [-0.2, 0) is 6.54 Å². The fourth-order valence-electron chi connectivity index (χ4n) is 3.12. The second-order valence-corrected chi connectivity index (χ2v) is 6.47. The summed E-state index contributed by atoms with van der Waals surface area (Å²) in [5.74, 6) is 1.25. The highest BCUT2D eigenvalue weighted by Crippen LogP contribution is 2.23. The fraction of sp³-hybridized carbons (Fsp3) is 0.706. The van der Waals surface area contributed by atoms with E-state index in [1.807, 2.05) is 24.5 Å². The summed E-state index contributed by atoms with van der Waals surface area (Å²) in [6.45, 7) is 2.72. The molecule has 5 nitrogen and oxygen atoms in total. The molecule has 0 amide bonds. The van der Waals surface area contributed by atoms with E-state index in [-0.39, 0.29) is 0 Å². The van der Waals surface area contributed by atoms with Gasteiger partial charge in [0, 0.05) is 39.1 Å². The average Bonchev–Trinajstić information content (AvgIpc) is 3.07. The molecule has 142 valence electrons. The lowest BCUT2D eigenvalue weighted by Crippen LogP contribution is -2.42. The zero-order valence-electron chi connectivity index (χ0n) is 14.7. The number of piperidine rings is 1. The number of rotatable bonds is 7. The van der Waals surface area contributed by atoms with Crippen LogP contribution in [0.15, 0.2) is 29.5 Å². The summed E-state index contributed by atoms with van der Waals surface area (Å²) in [4.78, 5) is 5.70. The third-order valence-electron chi connectivity index (χ3n) is 4.51. The number of guanidine groups is 1. The lowest BCUT2D eigenvalue weighted by molar-refractivity contribution is -0.148. The summed E-state index contributed by atoms with van der Waals surface area (Å²) in [5, 5.41) is 6.55. The largest absolute Gasteiger partial charge is 0.401 e. The fourth-order valence-corrected chi connectivity index (χ4v) is 3.12. The van der Waals surface area contributed by atoms with Gasteiger partial charge in [0.1, 0.15) is 0 Å². The monoisotopic (exact) mass is 359 g/mol. The number of nitrogens with zero attached hydrogens (tertiary/aromatic N) is 3. The first-order valence-electron chi connectivity index (χ1n) is 8.80. The van der Waals surface area contributed by atoms with Crippen LogP contribution in [0.4, 0.5) is 13.2 Å². The van der Waals surface area contributed by atoms with E-state index in [2.05, 4.69) is 20.2 Å². The summed E-state index contributed by atoms with van der Waals surface area (Å²) < 4.78 is 39.3. The molecule has 1 aromatic heterocycles. The van der Waals surface area contributed by atoms with E-state index in [0.29, 0.717) is 19.0 Å². The van der Waals surface area contributed by atoms with E-state index in [1.165, 1.54) is 4.90 Å². The molecule has 1 fully saturated rings. The number of aliphatic imine (C=N–C) groups is 1. The van der Waals surface area contributed by atoms with Crippen molar-refractivity contribution in [2.45, 2.75) is 32.0 Å². The molecule has 2 rings (SSSR count). The van der Waals surface area contributed by atoms with Gasteiger partial charge in [-0.05, 0) is 50.4 Å². The SMILES string of the molecule is CN=C(NCCC1CCN(CC(F)(F)F)CC1)NCCn1cccc1. The molecule has 2 heterocycles. The van der Waals surface area contributed by atoms with Gasteiger partial charge >= 0.3 is 6.18 Å². The number of likely N-dealkylation sites (tertiary alicyclic amines) is 1. The van der Waals surface area contributed by atoms with Crippen molar-refractivity contribution in [3.05, 3.63) is 24.5 Å². The lowest BCUT2D eigenvalue weighted by atomic mass is 9.93. The Bertz CT molecular complexity index is 505. The summed E-state index contributed by atoms with van der Waals surface area (Å²) in [7, 11) is 1.74. The van der Waals surface area contributed by atoms with Crippen molar-refractivity contribution in [1.29, 1.82) is 0 Å². The highest BCUT2D eigenvalue weighted by Gasteiger charge is 2.32. The van der Waals surface area contributed by atoms with Gasteiger partial charge in [-0.25, -0.2) is 0 Å². The Morgan fingerprint density at radius 3 is 2.36 bits per heavy atom. The van der Waals surface area contributed by atoms with Gasteiger partial charge in [0.25, 0.3) is 0 Å². The lowest BCUT2D eigenvalue weighted by Gasteiger charge is -2.32. The molecule has 0 radical (unpaired) electrons. The van der Waals surface area contributed by atoms with Crippen molar-refractivity contribution in [3.8, 4) is 0 Å². The maximum absolute atomic E-state index is 12.4. The van der Waals surface area contributed by atoms with Gasteiger partial charge in [0.15, 0.2) is 5.96 Å². The van der Waals surface area contributed by atoms with Gasteiger partial charge in [-0.15, -0.1) is 0 Å². The third kappa shape index (κ3) is 7.81. The topological polar surface area (TPSA) is 44.6 Å². The van der Waals surface area contributed by atoms with E-state index >= 15 is 0 Å². The van der Waals surface area contributed by atoms with Gasteiger partial charge in [0.2, 0.25) is 0 Å². The zero-order valence-corrected chi connectivity index (χ0v) is 14.7. The molecule has 0 aromatic carbocycles. The van der Waals surface area contributed by atoms with Crippen LogP contribution in [0.25, 0.3) is 0 Å². The number of alkyl halides is 3. The standard InChI is InChI=1S/C17H28F3N5/c1-21-16(23-8-13-24-9-2-3-10-24)22-7-4-15-5-11-25(12-6-15)14-17(18,19)20/h2-3,9-10,15H,4-8,11-14H2,1H3,(H2,21,22,23). The Morgan fingerprint density at radius 2 is 1.76 bits per heavy atom. The number of nitrogens with one attached hydrogen (secondary N) is 2. The van der Waals surface area contributed by atoms with E-state index in [9.17, 15) is 13.2 Å². The van der Waals surface area contributed by atoms with E-state index in [4.69, 9.17) is 0 Å². The number of halogens is 3. The van der Waals surface area contributed by atoms with Crippen molar-refractivity contribution in [2.75, 3.05) is 39.8 Å². The quantitative estimate of drug-likeness (QED) is 0.580. The smallest absolute Gasteiger partial charge is 0.356 e. The van der Waals surface area contributed by atoms with Crippen molar-refractivity contribution in [3.63, 3.8) is 0 Å². The predicted octanol–water partition coefficient (Wildman–Crippen LogP) is 2.32. The predicted molar refractivity (Wildman–Crippen MR) is 93.6 cm³/mol. The van der Waals surface area contributed by atoms with Crippen LogP contribution < -0.4 is 10.6 Å². The Kier molecular flexibility index (Phi) is 7.61. The van der Waals surface area contributed by atoms with Gasteiger partial charge in [-0.1, -0.05) is 0 Å². The summed E-state index contributed by atoms with van der Waals surface area (Å²) in [6.07, 6.45) is 2.56. The van der Waals surface area contributed by atoms with E-state index in [1.54, 1.807) is 7.05 Å². The number of hydrogen-bond acceptors (Lipinski definition) is 2. The Hall–Kier alpha value is -1.70. The third-order valence-corrected chi connectivity index (χ3v) is 4.51. The highest BCUT2D eigenvalue weighted by atomic mass is 19.4. The maximum Gasteiger partial charge on any atom is 0.401 e. The maximum atomic E-state index is 12.4. The van der Waals surface area contributed by atoms with Crippen molar-refractivity contribution < 1.29 is 13.2 Å². The Balaban J connectivity index is 1.57. The van der Waals surface area contributed by atoms with Crippen LogP contribution in [0.3, 0.4) is 0 Å². The summed E-state index contributed by atoms with van der Waals surface area (Å²) in [5.41, 5.74) is 0. The first-order valence-corrected chi connectivity index (χ1v) is 8.80. The van der Waals surface area contributed by atoms with Gasteiger partial charge < -0.3 is 15.2 Å². The minimum Gasteiger partial charge on any atom is -0.356 e. The molecule has 0 bridgehead atoms. The summed E-state index contributed by atoms with van der Waals surface area (Å²) >= 11 is 0. The number of hydrogen-bond donors (Lipinski definition) is 2. The van der Waals surface area contributed by atoms with Crippen LogP contribution in [0.2, 0.25) is 0 Å². The molecule has 25 heavy (non-hydrogen) atoms. The summed E-state index contributed by atoms with van der Waals surface area (Å²) in [6, 6.07) is 3.99.